The third kappa shape index (κ3) is 3.95. The maximum atomic E-state index is 13.0. The zero-order valence-corrected chi connectivity index (χ0v) is 15.7. The molecule has 0 bridgehead atoms. The first-order chi connectivity index (χ1) is 11.8. The Balaban J connectivity index is 2.51. The predicted octanol–water partition coefficient (Wildman–Crippen LogP) is 3.19. The predicted molar refractivity (Wildman–Crippen MR) is 97.2 cm³/mol. The van der Waals surface area contributed by atoms with Gasteiger partial charge in [0, 0.05) is 13.6 Å². The largest absolute Gasteiger partial charge is 0.278 e. The van der Waals surface area contributed by atoms with Gasteiger partial charge in [-0.3, -0.25) is 13.9 Å². The van der Waals surface area contributed by atoms with Crippen LogP contribution in [0.25, 0.3) is 0 Å². The summed E-state index contributed by atoms with van der Waals surface area (Å²) in [6, 6.07) is 12.8. The molecule has 2 aromatic carbocycles. The van der Waals surface area contributed by atoms with Crippen LogP contribution in [-0.2, 0) is 14.9 Å². The minimum absolute atomic E-state index is 0.0181. The molecule has 8 heteroatoms. The van der Waals surface area contributed by atoms with E-state index in [4.69, 9.17) is 16.4 Å². The van der Waals surface area contributed by atoms with Crippen molar-refractivity contribution in [1.82, 2.24) is 5.06 Å². The fraction of sp³-hybridized carbons (Fsp3) is 0.235. The van der Waals surface area contributed by atoms with Crippen LogP contribution >= 0.6 is 11.6 Å². The van der Waals surface area contributed by atoms with Crippen molar-refractivity contribution in [2.45, 2.75) is 11.8 Å². The number of hydrogen-bond donors (Lipinski definition) is 0. The zero-order chi connectivity index (χ0) is 18.6. The van der Waals surface area contributed by atoms with E-state index in [-0.39, 0.29) is 22.0 Å². The van der Waals surface area contributed by atoms with Crippen molar-refractivity contribution in [2.24, 2.45) is 0 Å². The fourth-order valence-electron chi connectivity index (χ4n) is 2.29. The first kappa shape index (κ1) is 19.2. The Labute approximate surface area is 152 Å². The molecule has 0 aliphatic carbocycles. The van der Waals surface area contributed by atoms with Gasteiger partial charge in [-0.05, 0) is 37.3 Å². The topological polar surface area (TPSA) is 66.9 Å². The lowest BCUT2D eigenvalue weighted by Crippen LogP contribution is -2.31. The molecule has 2 rings (SSSR count). The van der Waals surface area contributed by atoms with Gasteiger partial charge in [0.15, 0.2) is 0 Å². The summed E-state index contributed by atoms with van der Waals surface area (Å²) >= 11 is 6.06. The molecular weight excluding hydrogens is 364 g/mol. The molecule has 0 aliphatic heterocycles. The smallest absolute Gasteiger partial charge is 0.274 e. The highest BCUT2D eigenvalue weighted by Gasteiger charge is 2.26. The Morgan fingerprint density at radius 3 is 2.36 bits per heavy atom. The Morgan fingerprint density at radius 2 is 1.80 bits per heavy atom. The quantitative estimate of drug-likeness (QED) is 0.719. The second-order valence-electron chi connectivity index (χ2n) is 5.13. The van der Waals surface area contributed by atoms with Crippen LogP contribution in [0.5, 0.6) is 0 Å². The van der Waals surface area contributed by atoms with Crippen molar-refractivity contribution >= 4 is 33.2 Å². The molecule has 134 valence electrons. The number of carbonyl (C=O) groups is 1. The van der Waals surface area contributed by atoms with Crippen LogP contribution < -0.4 is 4.31 Å². The van der Waals surface area contributed by atoms with Crippen molar-refractivity contribution in [3.8, 4) is 0 Å². The van der Waals surface area contributed by atoms with Gasteiger partial charge in [0.25, 0.3) is 15.9 Å². The van der Waals surface area contributed by atoms with E-state index in [0.29, 0.717) is 5.69 Å². The molecule has 0 atom stereocenters. The van der Waals surface area contributed by atoms with E-state index in [9.17, 15) is 13.2 Å². The van der Waals surface area contributed by atoms with E-state index in [0.717, 1.165) is 5.06 Å². The van der Waals surface area contributed by atoms with E-state index >= 15 is 0 Å². The minimum Gasteiger partial charge on any atom is -0.274 e. The molecule has 0 aliphatic rings. The molecule has 0 radical (unpaired) electrons. The van der Waals surface area contributed by atoms with Gasteiger partial charge in [0.1, 0.15) is 0 Å². The maximum absolute atomic E-state index is 13.0. The summed E-state index contributed by atoms with van der Waals surface area (Å²) in [5.74, 6) is -0.535. The molecule has 0 heterocycles. The van der Waals surface area contributed by atoms with Crippen LogP contribution in [0.1, 0.15) is 17.3 Å². The standard InChI is InChI=1S/C17H19ClN2O4S/c1-4-20(13-8-6-5-7-9-13)25(22,23)14-10-11-16(18)15(12-14)17(21)19(2)24-3/h5-12H,4H2,1-3H3. The zero-order valence-electron chi connectivity index (χ0n) is 14.1. The SMILES string of the molecule is CCN(c1ccccc1)S(=O)(=O)c1ccc(Cl)c(C(=O)N(C)OC)c1. The molecule has 0 N–H and O–H groups in total. The van der Waals surface area contributed by atoms with E-state index < -0.39 is 15.9 Å². The molecule has 0 saturated heterocycles. The summed E-state index contributed by atoms with van der Waals surface area (Å²) in [6.45, 7) is 1.99. The minimum atomic E-state index is -3.85. The number of benzene rings is 2. The lowest BCUT2D eigenvalue weighted by Gasteiger charge is -2.23. The van der Waals surface area contributed by atoms with Crippen LogP contribution in [0.2, 0.25) is 5.02 Å². The summed E-state index contributed by atoms with van der Waals surface area (Å²) < 4.78 is 27.3. The van der Waals surface area contributed by atoms with Crippen LogP contribution in [0.3, 0.4) is 0 Å². The number of halogens is 1. The number of anilines is 1. The fourth-order valence-corrected chi connectivity index (χ4v) is 3.99. The van der Waals surface area contributed by atoms with Gasteiger partial charge in [0.2, 0.25) is 0 Å². The monoisotopic (exact) mass is 382 g/mol. The molecular formula is C17H19ClN2O4S. The van der Waals surface area contributed by atoms with Gasteiger partial charge in [-0.25, -0.2) is 13.5 Å². The molecule has 6 nitrogen and oxygen atoms in total. The van der Waals surface area contributed by atoms with Crippen LogP contribution in [0, 0.1) is 0 Å². The van der Waals surface area contributed by atoms with Gasteiger partial charge in [-0.15, -0.1) is 0 Å². The third-order valence-electron chi connectivity index (χ3n) is 3.65. The highest BCUT2D eigenvalue weighted by Crippen LogP contribution is 2.27. The molecule has 0 spiro atoms. The first-order valence-electron chi connectivity index (χ1n) is 7.52. The maximum Gasteiger partial charge on any atom is 0.278 e. The summed E-state index contributed by atoms with van der Waals surface area (Å²) in [7, 11) is -1.09. The Bertz CT molecular complexity index is 856. The number of nitrogens with zero attached hydrogens (tertiary/aromatic N) is 2. The first-order valence-corrected chi connectivity index (χ1v) is 9.34. The van der Waals surface area contributed by atoms with Crippen molar-refractivity contribution in [3.63, 3.8) is 0 Å². The number of hydrogen-bond acceptors (Lipinski definition) is 4. The Hall–Kier alpha value is -2.09. The van der Waals surface area contributed by atoms with E-state index in [1.165, 1.54) is 36.7 Å². The van der Waals surface area contributed by atoms with Gasteiger partial charge in [-0.2, -0.15) is 0 Å². The lowest BCUT2D eigenvalue weighted by molar-refractivity contribution is -0.0757. The van der Waals surface area contributed by atoms with Crippen molar-refractivity contribution in [1.29, 1.82) is 0 Å². The van der Waals surface area contributed by atoms with Crippen LogP contribution in [0.15, 0.2) is 53.4 Å². The summed E-state index contributed by atoms with van der Waals surface area (Å²) in [5, 5.41) is 1.13. The second-order valence-corrected chi connectivity index (χ2v) is 7.40. The van der Waals surface area contributed by atoms with E-state index in [1.54, 1.807) is 31.2 Å². The van der Waals surface area contributed by atoms with E-state index in [2.05, 4.69) is 0 Å². The van der Waals surface area contributed by atoms with Gasteiger partial charge in [0.05, 0.1) is 28.3 Å². The molecule has 0 saturated carbocycles. The summed E-state index contributed by atoms with van der Waals surface area (Å²) in [6.07, 6.45) is 0. The van der Waals surface area contributed by atoms with Gasteiger partial charge < -0.3 is 0 Å². The average molecular weight is 383 g/mol. The average Bonchev–Trinajstić information content (AvgIpc) is 2.62. The molecule has 1 amide bonds. The highest BCUT2D eigenvalue weighted by atomic mass is 35.5. The lowest BCUT2D eigenvalue weighted by atomic mass is 10.2. The third-order valence-corrected chi connectivity index (χ3v) is 5.88. The molecule has 0 fully saturated rings. The molecule has 0 aromatic heterocycles. The highest BCUT2D eigenvalue weighted by molar-refractivity contribution is 7.92. The van der Waals surface area contributed by atoms with Crippen LogP contribution in [-0.4, -0.2) is 40.1 Å². The molecule has 2 aromatic rings. The number of hydroxylamine groups is 2. The number of sulfonamides is 1. The number of rotatable bonds is 6. The van der Waals surface area contributed by atoms with Crippen molar-refractivity contribution in [2.75, 3.05) is 25.0 Å². The number of para-hydroxylation sites is 1. The van der Waals surface area contributed by atoms with Gasteiger partial charge >= 0.3 is 0 Å². The van der Waals surface area contributed by atoms with Crippen molar-refractivity contribution < 1.29 is 18.0 Å². The Morgan fingerprint density at radius 1 is 1.16 bits per heavy atom. The second kappa shape index (κ2) is 7.86. The summed E-state index contributed by atoms with van der Waals surface area (Å²) in [4.78, 5) is 17.1. The van der Waals surface area contributed by atoms with E-state index in [1.807, 2.05) is 6.07 Å². The summed E-state index contributed by atoms with van der Waals surface area (Å²) in [5.41, 5.74) is 0.595. The molecule has 0 unspecified atom stereocenters. The number of amides is 1. The van der Waals surface area contributed by atoms with Gasteiger partial charge in [-0.1, -0.05) is 29.8 Å². The Kier molecular flexibility index (Phi) is 6.05. The van der Waals surface area contributed by atoms with Crippen molar-refractivity contribution in [3.05, 3.63) is 59.1 Å². The molecule has 25 heavy (non-hydrogen) atoms. The van der Waals surface area contributed by atoms with Crippen LogP contribution in [0.4, 0.5) is 5.69 Å². The number of carbonyl (C=O) groups excluding carboxylic acids is 1. The normalized spacial score (nSPS) is 11.2.